The average Bonchev–Trinajstić information content (AvgIpc) is 2.18. The van der Waals surface area contributed by atoms with Gasteiger partial charge in [0.15, 0.2) is 0 Å². The molecule has 0 aliphatic heterocycles. The molecule has 0 aromatic carbocycles. The van der Waals surface area contributed by atoms with Gasteiger partial charge in [-0.2, -0.15) is 0 Å². The highest BCUT2D eigenvalue weighted by Crippen LogP contribution is 2.01. The van der Waals surface area contributed by atoms with Crippen molar-refractivity contribution in [1.82, 2.24) is 0 Å². The molecule has 2 nitrogen and oxygen atoms in total. The predicted octanol–water partition coefficient (Wildman–Crippen LogP) is 2.42. The minimum atomic E-state index is -0.769. The summed E-state index contributed by atoms with van der Waals surface area (Å²) in [6, 6.07) is 0. The van der Waals surface area contributed by atoms with Gasteiger partial charge in [-0.15, -0.1) is 0 Å². The third-order valence-electron chi connectivity index (χ3n) is 1.93. The van der Waals surface area contributed by atoms with Crippen LogP contribution in [0.4, 0.5) is 0 Å². The minimum Gasteiger partial charge on any atom is -0.386 e. The van der Waals surface area contributed by atoms with Gasteiger partial charge in [0, 0.05) is 0 Å². The van der Waals surface area contributed by atoms with Crippen LogP contribution in [0.2, 0.25) is 0 Å². The first-order valence-corrected chi connectivity index (χ1v) is 5.41. The quantitative estimate of drug-likeness (QED) is 0.617. The molecular formula is C12H22O2. The van der Waals surface area contributed by atoms with Gasteiger partial charge in [-0.3, -0.25) is 0 Å². The molecule has 2 N–H and O–H groups in total. The lowest BCUT2D eigenvalue weighted by Crippen LogP contribution is -2.21. The number of rotatable bonds is 7. The van der Waals surface area contributed by atoms with Crippen molar-refractivity contribution in [3.05, 3.63) is 24.3 Å². The van der Waals surface area contributed by atoms with Gasteiger partial charge < -0.3 is 10.2 Å². The molecule has 0 aromatic rings. The molecule has 14 heavy (non-hydrogen) atoms. The third kappa shape index (κ3) is 6.87. The van der Waals surface area contributed by atoms with E-state index in [9.17, 15) is 10.2 Å². The SMILES string of the molecule is CCC/C=C/[C@@H](O)[C@H](O)/C=C/CCC. The molecule has 0 aliphatic rings. The average molecular weight is 198 g/mol. The Hall–Kier alpha value is -0.600. The Kier molecular flexibility index (Phi) is 8.59. The van der Waals surface area contributed by atoms with E-state index in [0.717, 1.165) is 25.7 Å². The first-order valence-electron chi connectivity index (χ1n) is 5.41. The van der Waals surface area contributed by atoms with Gasteiger partial charge in [0.05, 0.1) is 0 Å². The van der Waals surface area contributed by atoms with E-state index in [4.69, 9.17) is 0 Å². The van der Waals surface area contributed by atoms with E-state index < -0.39 is 12.2 Å². The largest absolute Gasteiger partial charge is 0.386 e. The molecule has 2 atom stereocenters. The topological polar surface area (TPSA) is 40.5 Å². The van der Waals surface area contributed by atoms with Crippen molar-refractivity contribution in [3.8, 4) is 0 Å². The Labute approximate surface area is 87.0 Å². The third-order valence-corrected chi connectivity index (χ3v) is 1.93. The van der Waals surface area contributed by atoms with Crippen LogP contribution in [0.25, 0.3) is 0 Å². The van der Waals surface area contributed by atoms with E-state index in [0.29, 0.717) is 0 Å². The van der Waals surface area contributed by atoms with Gasteiger partial charge in [-0.1, -0.05) is 51.0 Å². The molecule has 0 aromatic heterocycles. The van der Waals surface area contributed by atoms with Gasteiger partial charge in [0.2, 0.25) is 0 Å². The molecule has 0 saturated carbocycles. The molecule has 0 saturated heterocycles. The molecule has 0 rings (SSSR count). The van der Waals surface area contributed by atoms with Crippen LogP contribution in [0.5, 0.6) is 0 Å². The maximum Gasteiger partial charge on any atom is 0.102 e. The second-order valence-electron chi connectivity index (χ2n) is 3.41. The van der Waals surface area contributed by atoms with Gasteiger partial charge in [0.1, 0.15) is 12.2 Å². The maximum absolute atomic E-state index is 9.46. The zero-order valence-electron chi connectivity index (χ0n) is 9.19. The Bertz CT molecular complexity index is 153. The molecular weight excluding hydrogens is 176 g/mol. The van der Waals surface area contributed by atoms with E-state index in [1.807, 2.05) is 12.2 Å². The van der Waals surface area contributed by atoms with E-state index >= 15 is 0 Å². The molecule has 0 bridgehead atoms. The van der Waals surface area contributed by atoms with E-state index in [2.05, 4.69) is 13.8 Å². The summed E-state index contributed by atoms with van der Waals surface area (Å²) in [6.45, 7) is 4.16. The standard InChI is InChI=1S/C12H22O2/c1-3-5-7-9-11(13)12(14)10-8-6-4-2/h7-14H,3-6H2,1-2H3/b9-7+,10-8+/t11-,12-/m1/s1. The molecule has 2 heteroatoms. The van der Waals surface area contributed by atoms with E-state index in [1.165, 1.54) is 0 Å². The van der Waals surface area contributed by atoms with Crippen molar-refractivity contribution < 1.29 is 10.2 Å². The Balaban J connectivity index is 3.80. The van der Waals surface area contributed by atoms with Crippen molar-refractivity contribution >= 4 is 0 Å². The highest BCUT2D eigenvalue weighted by Gasteiger charge is 2.07. The smallest absolute Gasteiger partial charge is 0.102 e. The highest BCUT2D eigenvalue weighted by molar-refractivity contribution is 5.00. The minimum absolute atomic E-state index is 0.769. The summed E-state index contributed by atoms with van der Waals surface area (Å²) in [4.78, 5) is 0. The lowest BCUT2D eigenvalue weighted by atomic mass is 10.1. The Morgan fingerprint density at radius 1 is 0.857 bits per heavy atom. The van der Waals surface area contributed by atoms with Crippen LogP contribution in [0.15, 0.2) is 24.3 Å². The molecule has 0 amide bonds. The van der Waals surface area contributed by atoms with Crippen molar-refractivity contribution in [2.45, 2.75) is 51.7 Å². The first-order chi connectivity index (χ1) is 6.72. The van der Waals surface area contributed by atoms with Gasteiger partial charge >= 0.3 is 0 Å². The van der Waals surface area contributed by atoms with Crippen molar-refractivity contribution in [3.63, 3.8) is 0 Å². The molecule has 0 spiro atoms. The number of aliphatic hydroxyl groups is 2. The van der Waals surface area contributed by atoms with Crippen molar-refractivity contribution in [2.24, 2.45) is 0 Å². The number of hydrogen-bond acceptors (Lipinski definition) is 2. The van der Waals surface area contributed by atoms with Crippen LogP contribution in [0, 0.1) is 0 Å². The summed E-state index contributed by atoms with van der Waals surface area (Å²) in [5.74, 6) is 0. The molecule has 0 unspecified atom stereocenters. The number of hydrogen-bond donors (Lipinski definition) is 2. The molecule has 0 aliphatic carbocycles. The lowest BCUT2D eigenvalue weighted by Gasteiger charge is -2.09. The number of unbranched alkanes of at least 4 members (excludes halogenated alkanes) is 2. The first kappa shape index (κ1) is 13.4. The summed E-state index contributed by atoms with van der Waals surface area (Å²) in [5.41, 5.74) is 0. The van der Waals surface area contributed by atoms with E-state index in [1.54, 1.807) is 12.2 Å². The summed E-state index contributed by atoms with van der Waals surface area (Å²) in [7, 11) is 0. The molecule has 0 radical (unpaired) electrons. The number of aliphatic hydroxyl groups excluding tert-OH is 2. The number of allylic oxidation sites excluding steroid dienone is 2. The van der Waals surface area contributed by atoms with Crippen LogP contribution < -0.4 is 0 Å². The zero-order chi connectivity index (χ0) is 10.8. The summed E-state index contributed by atoms with van der Waals surface area (Å²) in [5, 5.41) is 18.9. The predicted molar refractivity (Wildman–Crippen MR) is 60.1 cm³/mol. The fourth-order valence-electron chi connectivity index (χ4n) is 1.03. The monoisotopic (exact) mass is 198 g/mol. The Morgan fingerprint density at radius 3 is 1.50 bits per heavy atom. The molecule has 82 valence electrons. The molecule has 0 fully saturated rings. The lowest BCUT2D eigenvalue weighted by molar-refractivity contribution is 0.0805. The highest BCUT2D eigenvalue weighted by atomic mass is 16.3. The molecule has 0 heterocycles. The maximum atomic E-state index is 9.46. The summed E-state index contributed by atoms with van der Waals surface area (Å²) < 4.78 is 0. The fraction of sp³-hybridized carbons (Fsp3) is 0.667. The summed E-state index contributed by atoms with van der Waals surface area (Å²) >= 11 is 0. The van der Waals surface area contributed by atoms with Crippen LogP contribution >= 0.6 is 0 Å². The van der Waals surface area contributed by atoms with Crippen LogP contribution in [-0.2, 0) is 0 Å². The van der Waals surface area contributed by atoms with E-state index in [-0.39, 0.29) is 0 Å². The van der Waals surface area contributed by atoms with Crippen LogP contribution in [0.3, 0.4) is 0 Å². The van der Waals surface area contributed by atoms with Crippen LogP contribution in [-0.4, -0.2) is 22.4 Å². The Morgan fingerprint density at radius 2 is 1.21 bits per heavy atom. The van der Waals surface area contributed by atoms with Crippen molar-refractivity contribution in [2.75, 3.05) is 0 Å². The van der Waals surface area contributed by atoms with Crippen LogP contribution in [0.1, 0.15) is 39.5 Å². The summed E-state index contributed by atoms with van der Waals surface area (Å²) in [6.07, 6.45) is 9.60. The normalized spacial score (nSPS) is 16.6. The fourth-order valence-corrected chi connectivity index (χ4v) is 1.03. The van der Waals surface area contributed by atoms with Gasteiger partial charge in [-0.05, 0) is 12.8 Å². The van der Waals surface area contributed by atoms with Gasteiger partial charge in [-0.25, -0.2) is 0 Å². The second kappa shape index (κ2) is 8.97. The van der Waals surface area contributed by atoms with Gasteiger partial charge in [0.25, 0.3) is 0 Å². The zero-order valence-corrected chi connectivity index (χ0v) is 9.19. The van der Waals surface area contributed by atoms with Crippen molar-refractivity contribution in [1.29, 1.82) is 0 Å². The second-order valence-corrected chi connectivity index (χ2v) is 3.41.